The van der Waals surface area contributed by atoms with Crippen LogP contribution in [0.1, 0.15) is 0 Å². The summed E-state index contributed by atoms with van der Waals surface area (Å²) in [6.07, 6.45) is 0. The third-order valence-corrected chi connectivity index (χ3v) is 0. The van der Waals surface area contributed by atoms with Crippen LogP contribution in [0.25, 0.3) is 0 Å². The standard InChI is InChI=1S/2La.3H2O3S.9H2O/c;;3*1-4(2)3;;;;;;;;;/h;;3*(H2,1,2,3);9*1H2/q2*+3;;;;;;;;;;;;/p-6. The zero-order chi connectivity index (χ0) is 10.7. The van der Waals surface area contributed by atoms with E-state index in [0.717, 1.165) is 0 Å². The molecule has 0 bridgehead atoms. The van der Waals surface area contributed by atoms with Crippen LogP contribution in [0.4, 0.5) is 0 Å². The van der Waals surface area contributed by atoms with Gasteiger partial charge in [-0.15, -0.1) is 34.1 Å². The fourth-order valence-electron chi connectivity index (χ4n) is 0. The molecular formula is H18La2O18S3. The topological polar surface area (TPSA) is 473 Å². The number of rotatable bonds is 0. The summed E-state index contributed by atoms with van der Waals surface area (Å²) < 4.78 is 76.0. The first kappa shape index (κ1) is 117. The van der Waals surface area contributed by atoms with Crippen LogP contribution in [0.15, 0.2) is 0 Å². The van der Waals surface area contributed by atoms with Crippen molar-refractivity contribution in [2.75, 3.05) is 0 Å². The van der Waals surface area contributed by atoms with Gasteiger partial charge >= 0.3 is 71.2 Å². The Morgan fingerprint density at radius 2 is 0.348 bits per heavy atom. The largest absolute Gasteiger partial charge is 3.00 e. The molecule has 0 heterocycles. The molecule has 0 aliphatic carbocycles. The SMILES string of the molecule is O.O.O.O.O.O.O.O.O.O=S([O-])[O-].O=S([O-])[O-].O=S([O-])[O-].[La+3].[La+3]. The fraction of sp³-hybridized carbons (Fsp3) is 0. The number of hydrogen-bond acceptors (Lipinski definition) is 9. The van der Waals surface area contributed by atoms with Crippen LogP contribution in [-0.2, 0) is 34.1 Å². The van der Waals surface area contributed by atoms with Crippen molar-refractivity contribution in [3.8, 4) is 0 Å². The molecule has 0 aromatic rings. The van der Waals surface area contributed by atoms with Gasteiger partial charge in [-0.1, -0.05) is 0 Å². The van der Waals surface area contributed by atoms with Gasteiger partial charge in [0, 0.05) is 0 Å². The van der Waals surface area contributed by atoms with Gasteiger partial charge in [-0.05, 0) is 0 Å². The van der Waals surface area contributed by atoms with Gasteiger partial charge in [0.15, 0.2) is 0 Å². The van der Waals surface area contributed by atoms with Crippen LogP contribution in [0.5, 0.6) is 0 Å². The average Bonchev–Trinajstić information content (AvgIpc) is 1.54. The maximum absolute atomic E-state index is 8.44. The van der Waals surface area contributed by atoms with E-state index in [4.69, 9.17) is 39.9 Å². The average molecular weight is 680 g/mol. The van der Waals surface area contributed by atoms with Crippen LogP contribution in [0.3, 0.4) is 0 Å². The molecule has 23 heavy (non-hydrogen) atoms. The first-order valence-corrected chi connectivity index (χ1v) is 4.50. The smallest absolute Gasteiger partial charge is 0.784 e. The van der Waals surface area contributed by atoms with Gasteiger partial charge in [0.05, 0.1) is 0 Å². The van der Waals surface area contributed by atoms with E-state index in [9.17, 15) is 0 Å². The first-order chi connectivity index (χ1) is 5.20. The molecule has 0 fully saturated rings. The van der Waals surface area contributed by atoms with Gasteiger partial charge in [-0.3, -0.25) is 12.6 Å². The summed E-state index contributed by atoms with van der Waals surface area (Å²) in [5.41, 5.74) is 0. The molecule has 0 amide bonds. The van der Waals surface area contributed by atoms with Crippen LogP contribution >= 0.6 is 0 Å². The van der Waals surface area contributed by atoms with Crippen molar-refractivity contribution in [2.45, 2.75) is 0 Å². The molecule has 0 saturated carbocycles. The van der Waals surface area contributed by atoms with Crippen molar-refractivity contribution in [1.82, 2.24) is 0 Å². The fourth-order valence-corrected chi connectivity index (χ4v) is 0. The van der Waals surface area contributed by atoms with E-state index in [1.54, 1.807) is 0 Å². The molecule has 0 saturated heterocycles. The van der Waals surface area contributed by atoms with E-state index < -0.39 is 34.1 Å². The Balaban J connectivity index is -0.00000000355. The second kappa shape index (κ2) is 104. The molecule has 0 aliphatic rings. The van der Waals surface area contributed by atoms with Gasteiger partial charge in [0.25, 0.3) is 0 Å². The van der Waals surface area contributed by atoms with Gasteiger partial charge in [0.1, 0.15) is 0 Å². The Bertz CT molecular complexity index is 120. The monoisotopic (exact) mass is 680 g/mol. The molecule has 0 aromatic carbocycles. The Hall–Kier alpha value is 2.24. The van der Waals surface area contributed by atoms with Crippen molar-refractivity contribution in [2.24, 2.45) is 0 Å². The molecule has 23 heteroatoms. The summed E-state index contributed by atoms with van der Waals surface area (Å²) in [5.74, 6) is 0. The van der Waals surface area contributed by atoms with Gasteiger partial charge in [-0.2, -0.15) is 0 Å². The summed E-state index contributed by atoms with van der Waals surface area (Å²) in [5, 5.41) is 0. The molecule has 0 aromatic heterocycles. The molecule has 18 nitrogen and oxygen atoms in total. The van der Waals surface area contributed by atoms with E-state index in [-0.39, 0.29) is 120 Å². The summed E-state index contributed by atoms with van der Waals surface area (Å²) >= 11 is -9.33. The summed E-state index contributed by atoms with van der Waals surface area (Å²) in [4.78, 5) is 0. The summed E-state index contributed by atoms with van der Waals surface area (Å²) in [6, 6.07) is 0. The molecule has 0 spiro atoms. The van der Waals surface area contributed by atoms with Gasteiger partial charge in [0.2, 0.25) is 0 Å². The second-order valence-corrected chi connectivity index (χ2v) is 1.84. The third kappa shape index (κ3) is 2390. The van der Waals surface area contributed by atoms with Crippen LogP contribution in [0, 0.1) is 71.2 Å². The second-order valence-electron chi connectivity index (χ2n) is 0.612. The van der Waals surface area contributed by atoms with E-state index >= 15 is 0 Å². The van der Waals surface area contributed by atoms with E-state index in [1.807, 2.05) is 0 Å². The Morgan fingerprint density at radius 3 is 0.348 bits per heavy atom. The van der Waals surface area contributed by atoms with E-state index in [2.05, 4.69) is 0 Å². The molecule has 0 atom stereocenters. The van der Waals surface area contributed by atoms with E-state index in [1.165, 1.54) is 0 Å². The van der Waals surface area contributed by atoms with Gasteiger partial charge < -0.3 is 76.6 Å². The summed E-state index contributed by atoms with van der Waals surface area (Å²) in [6.45, 7) is 0. The zero-order valence-electron chi connectivity index (χ0n) is 10.6. The minimum absolute atomic E-state index is 0. The maximum atomic E-state index is 8.44. The Kier molecular flexibility index (Phi) is 529. The predicted molar refractivity (Wildman–Crippen MR) is 61.6 cm³/mol. The van der Waals surface area contributed by atoms with Crippen LogP contribution in [-0.4, -0.2) is 89.2 Å². The molecule has 0 aliphatic heterocycles. The third-order valence-electron chi connectivity index (χ3n) is 0. The quantitative estimate of drug-likeness (QED) is 0.219. The molecular weight excluding hydrogens is 662 g/mol. The van der Waals surface area contributed by atoms with Crippen molar-refractivity contribution in [1.29, 1.82) is 0 Å². The first-order valence-electron chi connectivity index (χ1n) is 1.50. The molecule has 0 rings (SSSR count). The van der Waals surface area contributed by atoms with Crippen LogP contribution < -0.4 is 0 Å². The minimum atomic E-state index is -3.11. The zero-order valence-corrected chi connectivity index (χ0v) is 20.3. The molecule has 0 unspecified atom stereocenters. The predicted octanol–water partition coefficient (Wildman–Crippen LogP) is -10.4. The molecule has 150 valence electrons. The Labute approximate surface area is 192 Å². The molecule has 0 radical (unpaired) electrons. The van der Waals surface area contributed by atoms with Crippen molar-refractivity contribution in [3.05, 3.63) is 0 Å². The van der Waals surface area contributed by atoms with Gasteiger partial charge in [-0.25, -0.2) is 0 Å². The van der Waals surface area contributed by atoms with Crippen molar-refractivity contribution >= 4 is 34.1 Å². The number of hydrogen-bond donors (Lipinski definition) is 0. The Morgan fingerprint density at radius 1 is 0.348 bits per heavy atom. The van der Waals surface area contributed by atoms with Crippen molar-refractivity contribution in [3.63, 3.8) is 0 Å². The van der Waals surface area contributed by atoms with E-state index in [0.29, 0.717) is 0 Å². The maximum Gasteiger partial charge on any atom is 3.00 e. The normalized spacial score (nSPS) is 4.57. The van der Waals surface area contributed by atoms with Crippen LogP contribution in [0.2, 0.25) is 0 Å². The minimum Gasteiger partial charge on any atom is -0.784 e. The molecule has 18 N–H and O–H groups in total. The summed E-state index contributed by atoms with van der Waals surface area (Å²) in [7, 11) is 0. The van der Waals surface area contributed by atoms with Crippen molar-refractivity contribution < 1.29 is 160 Å².